The van der Waals surface area contributed by atoms with Crippen LogP contribution in [0.4, 0.5) is 17.6 Å². The number of hydrogen-bond acceptors (Lipinski definition) is 3. The quantitative estimate of drug-likeness (QED) is 0.534. The summed E-state index contributed by atoms with van der Waals surface area (Å²) in [4.78, 5) is 0. The Balaban J connectivity index is 2.91. The minimum atomic E-state index is -4.63. The Morgan fingerprint density at radius 3 is 2.50 bits per heavy atom. The van der Waals surface area contributed by atoms with Crippen LogP contribution in [0, 0.1) is 5.82 Å². The standard InChI is InChI=1S/C13H18F4N2O/c14-9-3-4-10(11(7-9)13(15,16)17)12(8-18)19-5-1-2-6-20/h3-4,7,12,19-20H,1-2,5-6,8,18H2. The first-order valence-corrected chi connectivity index (χ1v) is 6.31. The smallest absolute Gasteiger partial charge is 0.396 e. The fraction of sp³-hybridized carbons (Fsp3) is 0.538. The van der Waals surface area contributed by atoms with E-state index in [9.17, 15) is 17.6 Å². The van der Waals surface area contributed by atoms with Crippen molar-refractivity contribution in [2.45, 2.75) is 25.1 Å². The first-order valence-electron chi connectivity index (χ1n) is 6.31. The van der Waals surface area contributed by atoms with E-state index in [1.54, 1.807) is 0 Å². The molecular formula is C13H18F4N2O. The third kappa shape index (κ3) is 4.73. The number of unbranched alkanes of at least 4 members (excludes halogenated alkanes) is 1. The minimum Gasteiger partial charge on any atom is -0.396 e. The van der Waals surface area contributed by atoms with E-state index in [0.29, 0.717) is 25.5 Å². The molecule has 0 saturated carbocycles. The summed E-state index contributed by atoms with van der Waals surface area (Å²) in [6, 6.07) is 1.87. The van der Waals surface area contributed by atoms with Crippen LogP contribution >= 0.6 is 0 Å². The lowest BCUT2D eigenvalue weighted by molar-refractivity contribution is -0.138. The number of nitrogens with one attached hydrogen (secondary N) is 1. The summed E-state index contributed by atoms with van der Waals surface area (Å²) < 4.78 is 51.7. The Hall–Kier alpha value is -1.18. The zero-order valence-corrected chi connectivity index (χ0v) is 10.9. The van der Waals surface area contributed by atoms with Gasteiger partial charge in [0.25, 0.3) is 0 Å². The average molecular weight is 294 g/mol. The van der Waals surface area contributed by atoms with Crippen LogP contribution in [0.25, 0.3) is 0 Å². The van der Waals surface area contributed by atoms with Gasteiger partial charge in [0.15, 0.2) is 0 Å². The fourth-order valence-corrected chi connectivity index (χ4v) is 1.91. The highest BCUT2D eigenvalue weighted by molar-refractivity contribution is 5.33. The number of rotatable bonds is 7. The monoisotopic (exact) mass is 294 g/mol. The predicted octanol–water partition coefficient (Wildman–Crippen LogP) is 2.21. The van der Waals surface area contributed by atoms with Gasteiger partial charge in [0.1, 0.15) is 5.82 Å². The molecule has 20 heavy (non-hydrogen) atoms. The van der Waals surface area contributed by atoms with Crippen molar-refractivity contribution in [3.63, 3.8) is 0 Å². The molecule has 0 aliphatic rings. The van der Waals surface area contributed by atoms with E-state index in [2.05, 4.69) is 5.32 Å². The number of aliphatic hydroxyl groups is 1. The predicted molar refractivity (Wildman–Crippen MR) is 67.5 cm³/mol. The maximum atomic E-state index is 13.0. The summed E-state index contributed by atoms with van der Waals surface area (Å²) >= 11 is 0. The summed E-state index contributed by atoms with van der Waals surface area (Å²) in [5.74, 6) is -0.933. The molecule has 0 bridgehead atoms. The molecule has 4 N–H and O–H groups in total. The Morgan fingerprint density at radius 1 is 1.25 bits per heavy atom. The van der Waals surface area contributed by atoms with E-state index in [-0.39, 0.29) is 18.7 Å². The van der Waals surface area contributed by atoms with Crippen LogP contribution in [0.1, 0.15) is 30.0 Å². The van der Waals surface area contributed by atoms with Crippen molar-refractivity contribution in [1.82, 2.24) is 5.32 Å². The van der Waals surface area contributed by atoms with E-state index < -0.39 is 23.6 Å². The van der Waals surface area contributed by atoms with E-state index >= 15 is 0 Å². The molecule has 1 unspecified atom stereocenters. The van der Waals surface area contributed by atoms with E-state index in [1.807, 2.05) is 0 Å². The van der Waals surface area contributed by atoms with Crippen LogP contribution in [0.15, 0.2) is 18.2 Å². The Labute approximate surface area is 114 Å². The van der Waals surface area contributed by atoms with Gasteiger partial charge in [-0.15, -0.1) is 0 Å². The second-order valence-electron chi connectivity index (χ2n) is 4.40. The lowest BCUT2D eigenvalue weighted by Gasteiger charge is -2.21. The first kappa shape index (κ1) is 16.9. The molecule has 0 saturated heterocycles. The summed E-state index contributed by atoms with van der Waals surface area (Å²) in [7, 11) is 0. The van der Waals surface area contributed by atoms with Gasteiger partial charge < -0.3 is 16.2 Å². The topological polar surface area (TPSA) is 58.3 Å². The molecule has 0 radical (unpaired) electrons. The normalized spacial score (nSPS) is 13.5. The molecule has 0 aromatic heterocycles. The number of benzene rings is 1. The molecule has 0 heterocycles. The van der Waals surface area contributed by atoms with Gasteiger partial charge in [0.05, 0.1) is 5.56 Å². The van der Waals surface area contributed by atoms with Gasteiger partial charge in [-0.1, -0.05) is 6.07 Å². The Morgan fingerprint density at radius 2 is 1.95 bits per heavy atom. The molecule has 0 spiro atoms. The molecule has 3 nitrogen and oxygen atoms in total. The zero-order valence-electron chi connectivity index (χ0n) is 10.9. The van der Waals surface area contributed by atoms with E-state index in [0.717, 1.165) is 12.1 Å². The van der Waals surface area contributed by atoms with Gasteiger partial charge in [0, 0.05) is 19.2 Å². The molecular weight excluding hydrogens is 276 g/mol. The second-order valence-corrected chi connectivity index (χ2v) is 4.40. The van der Waals surface area contributed by atoms with Crippen LogP contribution in [0.2, 0.25) is 0 Å². The number of hydrogen-bond donors (Lipinski definition) is 3. The fourth-order valence-electron chi connectivity index (χ4n) is 1.91. The minimum absolute atomic E-state index is 0.0271. The Bertz CT molecular complexity index is 423. The highest BCUT2D eigenvalue weighted by Gasteiger charge is 2.35. The van der Waals surface area contributed by atoms with Crippen molar-refractivity contribution in [3.05, 3.63) is 35.1 Å². The van der Waals surface area contributed by atoms with Crippen molar-refractivity contribution >= 4 is 0 Å². The van der Waals surface area contributed by atoms with Crippen molar-refractivity contribution in [3.8, 4) is 0 Å². The third-order valence-corrected chi connectivity index (χ3v) is 2.91. The Kier molecular flexibility index (Phi) is 6.38. The largest absolute Gasteiger partial charge is 0.416 e. The van der Waals surface area contributed by atoms with Crippen molar-refractivity contribution in [2.24, 2.45) is 5.73 Å². The number of alkyl halides is 3. The summed E-state index contributed by atoms with van der Waals surface area (Å²) in [6.45, 7) is 0.421. The van der Waals surface area contributed by atoms with Gasteiger partial charge in [-0.25, -0.2) is 4.39 Å². The summed E-state index contributed by atoms with van der Waals surface area (Å²) in [6.07, 6.45) is -3.45. The van der Waals surface area contributed by atoms with Crippen molar-refractivity contribution in [2.75, 3.05) is 19.7 Å². The molecule has 1 aromatic rings. The van der Waals surface area contributed by atoms with Crippen molar-refractivity contribution < 1.29 is 22.7 Å². The van der Waals surface area contributed by atoms with E-state index in [4.69, 9.17) is 10.8 Å². The average Bonchev–Trinajstić information content (AvgIpc) is 2.38. The molecule has 1 aromatic carbocycles. The molecule has 0 aliphatic carbocycles. The van der Waals surface area contributed by atoms with Crippen LogP contribution in [-0.2, 0) is 6.18 Å². The number of halogens is 4. The lowest BCUT2D eigenvalue weighted by atomic mass is 9.99. The van der Waals surface area contributed by atoms with E-state index in [1.165, 1.54) is 0 Å². The van der Waals surface area contributed by atoms with Gasteiger partial charge >= 0.3 is 6.18 Å². The van der Waals surface area contributed by atoms with Crippen molar-refractivity contribution in [1.29, 1.82) is 0 Å². The van der Waals surface area contributed by atoms with Crippen LogP contribution in [0.3, 0.4) is 0 Å². The molecule has 1 atom stereocenters. The van der Waals surface area contributed by atoms with Gasteiger partial charge in [-0.3, -0.25) is 0 Å². The highest BCUT2D eigenvalue weighted by Crippen LogP contribution is 2.34. The first-order chi connectivity index (χ1) is 9.40. The second kappa shape index (κ2) is 7.56. The lowest BCUT2D eigenvalue weighted by Crippen LogP contribution is -2.31. The van der Waals surface area contributed by atoms with Gasteiger partial charge in [0.2, 0.25) is 0 Å². The molecule has 7 heteroatoms. The van der Waals surface area contributed by atoms with Crippen LogP contribution in [-0.4, -0.2) is 24.8 Å². The number of nitrogens with two attached hydrogens (primary N) is 1. The summed E-state index contributed by atoms with van der Waals surface area (Å²) in [5, 5.41) is 11.5. The SMILES string of the molecule is NCC(NCCCCO)c1ccc(F)cc1C(F)(F)F. The van der Waals surface area contributed by atoms with Gasteiger partial charge in [-0.05, 0) is 37.1 Å². The molecule has 0 fully saturated rings. The number of aliphatic hydroxyl groups excluding tert-OH is 1. The highest BCUT2D eigenvalue weighted by atomic mass is 19.4. The maximum absolute atomic E-state index is 13.0. The molecule has 1 rings (SSSR count). The molecule has 0 amide bonds. The maximum Gasteiger partial charge on any atom is 0.416 e. The molecule has 114 valence electrons. The van der Waals surface area contributed by atoms with Gasteiger partial charge in [-0.2, -0.15) is 13.2 Å². The zero-order chi connectivity index (χ0) is 15.2. The molecule has 0 aliphatic heterocycles. The van der Waals surface area contributed by atoms with Crippen LogP contribution < -0.4 is 11.1 Å². The third-order valence-electron chi connectivity index (χ3n) is 2.91. The van der Waals surface area contributed by atoms with Crippen LogP contribution in [0.5, 0.6) is 0 Å². The summed E-state index contributed by atoms with van der Waals surface area (Å²) in [5.41, 5.74) is 4.42.